The molecule has 0 fully saturated rings. The van der Waals surface area contributed by atoms with E-state index in [2.05, 4.69) is 0 Å². The van der Waals surface area contributed by atoms with E-state index < -0.39 is 11.9 Å². The lowest BCUT2D eigenvalue weighted by atomic mass is 9.83. The summed E-state index contributed by atoms with van der Waals surface area (Å²) in [6.45, 7) is 1.90. The number of anilines is 1. The molecule has 1 atom stereocenters. The second-order valence-electron chi connectivity index (χ2n) is 7.28. The van der Waals surface area contributed by atoms with Crippen LogP contribution in [-0.4, -0.2) is 39.8 Å². The van der Waals surface area contributed by atoms with Crippen LogP contribution in [0, 0.1) is 6.92 Å². The maximum absolute atomic E-state index is 13.3. The van der Waals surface area contributed by atoms with Crippen molar-refractivity contribution in [1.29, 1.82) is 0 Å². The van der Waals surface area contributed by atoms with Crippen LogP contribution >= 0.6 is 11.6 Å². The van der Waals surface area contributed by atoms with Crippen LogP contribution < -0.4 is 19.1 Å². The first-order valence-electron chi connectivity index (χ1n) is 9.69. The number of nitrogens with zero attached hydrogens (tertiary/aromatic N) is 1. The molecule has 1 amide bonds. The monoisotopic (exact) mass is 443 g/mol. The van der Waals surface area contributed by atoms with E-state index in [0.29, 0.717) is 44.8 Å². The van der Waals surface area contributed by atoms with Gasteiger partial charge in [-0.1, -0.05) is 23.7 Å². The van der Waals surface area contributed by atoms with Gasteiger partial charge < -0.3 is 18.9 Å². The Morgan fingerprint density at radius 1 is 1.03 bits per heavy atom. The van der Waals surface area contributed by atoms with Crippen LogP contribution in [0.3, 0.4) is 0 Å². The number of carbonyl (C=O) groups excluding carboxylic acids is 2. The smallest absolute Gasteiger partial charge is 0.336 e. The normalized spacial score (nSPS) is 18.1. The third kappa shape index (κ3) is 3.39. The van der Waals surface area contributed by atoms with Crippen molar-refractivity contribution in [2.24, 2.45) is 0 Å². The number of amides is 1. The van der Waals surface area contributed by atoms with Gasteiger partial charge in [-0.05, 0) is 30.7 Å². The van der Waals surface area contributed by atoms with Crippen LogP contribution in [-0.2, 0) is 14.3 Å². The Morgan fingerprint density at radius 2 is 1.77 bits per heavy atom. The van der Waals surface area contributed by atoms with Crippen molar-refractivity contribution in [3.63, 3.8) is 0 Å². The van der Waals surface area contributed by atoms with Gasteiger partial charge >= 0.3 is 5.97 Å². The van der Waals surface area contributed by atoms with E-state index in [-0.39, 0.29) is 18.9 Å². The van der Waals surface area contributed by atoms with Crippen LogP contribution in [0.1, 0.15) is 23.5 Å². The zero-order valence-corrected chi connectivity index (χ0v) is 18.4. The summed E-state index contributed by atoms with van der Waals surface area (Å²) in [6, 6.07) is 8.89. The van der Waals surface area contributed by atoms with Gasteiger partial charge in [0.15, 0.2) is 11.5 Å². The van der Waals surface area contributed by atoms with Crippen molar-refractivity contribution in [3.8, 4) is 17.2 Å². The molecule has 0 bridgehead atoms. The zero-order chi connectivity index (χ0) is 22.3. The molecule has 0 saturated carbocycles. The molecule has 31 heavy (non-hydrogen) atoms. The minimum atomic E-state index is -0.538. The Balaban J connectivity index is 1.87. The van der Waals surface area contributed by atoms with E-state index in [0.717, 1.165) is 5.56 Å². The van der Waals surface area contributed by atoms with Crippen LogP contribution in [0.15, 0.2) is 41.6 Å². The number of halogens is 1. The Morgan fingerprint density at radius 3 is 2.42 bits per heavy atom. The highest BCUT2D eigenvalue weighted by molar-refractivity contribution is 6.31. The molecule has 0 aliphatic carbocycles. The number of hydrogen-bond acceptors (Lipinski definition) is 6. The fourth-order valence-corrected chi connectivity index (χ4v) is 4.31. The molecule has 0 aromatic heterocycles. The second kappa shape index (κ2) is 8.15. The molecule has 0 radical (unpaired) electrons. The third-order valence-electron chi connectivity index (χ3n) is 5.64. The van der Waals surface area contributed by atoms with Crippen molar-refractivity contribution in [2.75, 3.05) is 32.8 Å². The van der Waals surface area contributed by atoms with Crippen LogP contribution in [0.2, 0.25) is 5.02 Å². The Labute approximate surface area is 185 Å². The molecular formula is C23H22ClNO6. The number of cyclic esters (lactones) is 1. The highest BCUT2D eigenvalue weighted by Crippen LogP contribution is 2.49. The predicted molar refractivity (Wildman–Crippen MR) is 115 cm³/mol. The first-order valence-corrected chi connectivity index (χ1v) is 10.1. The van der Waals surface area contributed by atoms with Crippen LogP contribution in [0.5, 0.6) is 17.2 Å². The van der Waals surface area contributed by atoms with Crippen molar-refractivity contribution in [3.05, 3.63) is 57.8 Å². The van der Waals surface area contributed by atoms with Crippen molar-refractivity contribution < 1.29 is 28.5 Å². The van der Waals surface area contributed by atoms with E-state index >= 15 is 0 Å². The quantitative estimate of drug-likeness (QED) is 0.650. The van der Waals surface area contributed by atoms with Gasteiger partial charge in [-0.25, -0.2) is 4.79 Å². The number of esters is 1. The van der Waals surface area contributed by atoms with Crippen LogP contribution in [0.25, 0.3) is 0 Å². The molecule has 2 aromatic carbocycles. The van der Waals surface area contributed by atoms with Gasteiger partial charge in [-0.2, -0.15) is 0 Å². The molecule has 2 aliphatic heterocycles. The number of methoxy groups -OCH3 is 3. The molecule has 162 valence electrons. The fourth-order valence-electron chi connectivity index (χ4n) is 4.14. The number of ether oxygens (including phenoxy) is 4. The average molecular weight is 444 g/mol. The lowest BCUT2D eigenvalue weighted by Gasteiger charge is -2.32. The number of aryl methyl sites for hydroxylation is 1. The summed E-state index contributed by atoms with van der Waals surface area (Å²) < 4.78 is 21.8. The number of benzene rings is 2. The molecular weight excluding hydrogens is 422 g/mol. The second-order valence-corrected chi connectivity index (χ2v) is 7.69. The van der Waals surface area contributed by atoms with E-state index in [1.807, 2.05) is 19.1 Å². The van der Waals surface area contributed by atoms with Gasteiger partial charge in [0.1, 0.15) is 6.61 Å². The third-order valence-corrected chi connectivity index (χ3v) is 6.05. The van der Waals surface area contributed by atoms with E-state index in [4.69, 9.17) is 30.5 Å². The minimum Gasteiger partial charge on any atom is -0.493 e. The van der Waals surface area contributed by atoms with E-state index in [1.54, 1.807) is 18.2 Å². The Kier molecular flexibility index (Phi) is 5.54. The summed E-state index contributed by atoms with van der Waals surface area (Å²) in [6.07, 6.45) is 0.0608. The minimum absolute atomic E-state index is 0.0114. The highest BCUT2D eigenvalue weighted by Gasteiger charge is 2.44. The Hall–Kier alpha value is -3.19. The molecule has 2 aromatic rings. The zero-order valence-electron chi connectivity index (χ0n) is 17.7. The first kappa shape index (κ1) is 21.1. The van der Waals surface area contributed by atoms with Gasteiger partial charge in [-0.15, -0.1) is 0 Å². The van der Waals surface area contributed by atoms with E-state index in [9.17, 15) is 9.59 Å². The molecule has 7 nitrogen and oxygen atoms in total. The van der Waals surface area contributed by atoms with Gasteiger partial charge in [0.05, 0.1) is 38.3 Å². The van der Waals surface area contributed by atoms with E-state index in [1.165, 1.54) is 26.2 Å². The number of hydrogen-bond donors (Lipinski definition) is 0. The number of carbonyl (C=O) groups is 2. The average Bonchev–Trinajstić information content (AvgIpc) is 3.15. The lowest BCUT2D eigenvalue weighted by molar-refractivity contribution is -0.136. The standard InChI is InChI=1S/C23H22ClNO6/c1-12-5-6-13(9-16(12)24)25-17-11-31-23(27)20(17)15(10-19(25)26)14-7-8-18(28-2)22(30-4)21(14)29-3/h5-9,15H,10-11H2,1-4H3/t15-/m1/s1. The maximum atomic E-state index is 13.3. The molecule has 0 saturated heterocycles. The number of rotatable bonds is 5. The van der Waals surface area contributed by atoms with Crippen molar-refractivity contribution in [2.45, 2.75) is 19.3 Å². The van der Waals surface area contributed by atoms with Gasteiger partial charge in [0.25, 0.3) is 0 Å². The topological polar surface area (TPSA) is 74.3 Å². The molecule has 0 N–H and O–H groups in total. The lowest BCUT2D eigenvalue weighted by Crippen LogP contribution is -2.37. The summed E-state index contributed by atoms with van der Waals surface area (Å²) in [5, 5.41) is 0.543. The summed E-state index contributed by atoms with van der Waals surface area (Å²) in [7, 11) is 4.54. The maximum Gasteiger partial charge on any atom is 0.336 e. The van der Waals surface area contributed by atoms with Crippen molar-refractivity contribution in [1.82, 2.24) is 0 Å². The molecule has 2 heterocycles. The van der Waals surface area contributed by atoms with Gasteiger partial charge in [0.2, 0.25) is 11.7 Å². The highest BCUT2D eigenvalue weighted by atomic mass is 35.5. The fraction of sp³-hybridized carbons (Fsp3) is 0.304. The molecule has 2 aliphatic rings. The van der Waals surface area contributed by atoms with Crippen molar-refractivity contribution >= 4 is 29.2 Å². The molecule has 8 heteroatoms. The van der Waals surface area contributed by atoms with Gasteiger partial charge in [-0.3, -0.25) is 9.69 Å². The molecule has 0 spiro atoms. The predicted octanol–water partition coefficient (Wildman–Crippen LogP) is 4.01. The first-order chi connectivity index (χ1) is 14.9. The van der Waals surface area contributed by atoms with Crippen LogP contribution in [0.4, 0.5) is 5.69 Å². The Bertz CT molecular complexity index is 1110. The summed E-state index contributed by atoms with van der Waals surface area (Å²) in [4.78, 5) is 27.5. The summed E-state index contributed by atoms with van der Waals surface area (Å²) >= 11 is 6.28. The summed E-state index contributed by atoms with van der Waals surface area (Å²) in [5.74, 6) is 0.148. The SMILES string of the molecule is COc1ccc([C@H]2CC(=O)N(c3ccc(C)c(Cl)c3)C3=C2C(=O)OC3)c(OC)c1OC. The molecule has 0 unspecified atom stereocenters. The summed E-state index contributed by atoms with van der Waals surface area (Å²) in [5.41, 5.74) is 3.10. The van der Waals surface area contributed by atoms with Gasteiger partial charge in [0, 0.05) is 22.9 Å². The largest absolute Gasteiger partial charge is 0.493 e. The molecule has 4 rings (SSSR count).